The van der Waals surface area contributed by atoms with Gasteiger partial charge in [0.1, 0.15) is 11.8 Å². The number of nitriles is 1. The minimum absolute atomic E-state index is 0.424. The standard InChI is InChI=1S/C12H17N3O/c1-10(2)9-16-6-5-15-11-3-4-14-12(7-11)8-13/h3-4,7,10H,5-6,9H2,1-2H3,(H,14,15). The van der Waals surface area contributed by atoms with Crippen molar-refractivity contribution in [1.29, 1.82) is 5.26 Å². The zero-order valence-electron chi connectivity index (χ0n) is 9.73. The molecule has 1 N–H and O–H groups in total. The van der Waals surface area contributed by atoms with E-state index in [1.165, 1.54) is 0 Å². The third-order valence-electron chi connectivity index (χ3n) is 1.90. The van der Waals surface area contributed by atoms with Crippen molar-refractivity contribution in [3.05, 3.63) is 24.0 Å². The van der Waals surface area contributed by atoms with Gasteiger partial charge in [-0.25, -0.2) is 4.98 Å². The Morgan fingerprint density at radius 2 is 2.38 bits per heavy atom. The highest BCUT2D eigenvalue weighted by Gasteiger charge is 1.96. The van der Waals surface area contributed by atoms with Crippen molar-refractivity contribution in [2.45, 2.75) is 13.8 Å². The maximum absolute atomic E-state index is 8.67. The van der Waals surface area contributed by atoms with Crippen LogP contribution in [0.15, 0.2) is 18.3 Å². The van der Waals surface area contributed by atoms with Crippen molar-refractivity contribution in [3.8, 4) is 6.07 Å². The third-order valence-corrected chi connectivity index (χ3v) is 1.90. The summed E-state index contributed by atoms with van der Waals surface area (Å²) in [6.07, 6.45) is 1.62. The summed E-state index contributed by atoms with van der Waals surface area (Å²) in [4.78, 5) is 3.89. The zero-order chi connectivity index (χ0) is 11.8. The molecule has 0 atom stereocenters. The molecule has 0 radical (unpaired) electrons. The number of hydrogen-bond donors (Lipinski definition) is 1. The van der Waals surface area contributed by atoms with Gasteiger partial charge in [0, 0.05) is 25.0 Å². The van der Waals surface area contributed by atoms with Crippen molar-refractivity contribution < 1.29 is 4.74 Å². The van der Waals surface area contributed by atoms with Crippen LogP contribution in [-0.4, -0.2) is 24.7 Å². The third kappa shape index (κ3) is 4.76. The van der Waals surface area contributed by atoms with E-state index in [4.69, 9.17) is 10.00 Å². The molecular weight excluding hydrogens is 202 g/mol. The van der Waals surface area contributed by atoms with Gasteiger partial charge in [-0.2, -0.15) is 5.26 Å². The molecule has 0 fully saturated rings. The second-order valence-corrected chi connectivity index (χ2v) is 3.94. The van der Waals surface area contributed by atoms with Crippen LogP contribution in [-0.2, 0) is 4.74 Å². The molecule has 1 rings (SSSR count). The number of rotatable bonds is 6. The zero-order valence-corrected chi connectivity index (χ0v) is 9.73. The minimum Gasteiger partial charge on any atom is -0.383 e. The predicted octanol–water partition coefficient (Wildman–Crippen LogP) is 2.04. The van der Waals surface area contributed by atoms with E-state index >= 15 is 0 Å². The van der Waals surface area contributed by atoms with E-state index in [0.717, 1.165) is 18.8 Å². The quantitative estimate of drug-likeness (QED) is 0.744. The summed E-state index contributed by atoms with van der Waals surface area (Å²) in [5.41, 5.74) is 1.33. The molecule has 0 unspecified atom stereocenters. The van der Waals surface area contributed by atoms with Crippen molar-refractivity contribution >= 4 is 5.69 Å². The van der Waals surface area contributed by atoms with Crippen LogP contribution >= 0.6 is 0 Å². The topological polar surface area (TPSA) is 57.9 Å². The Balaban J connectivity index is 2.24. The fourth-order valence-corrected chi connectivity index (χ4v) is 1.19. The van der Waals surface area contributed by atoms with Crippen molar-refractivity contribution in [1.82, 2.24) is 4.98 Å². The monoisotopic (exact) mass is 219 g/mol. The van der Waals surface area contributed by atoms with E-state index in [-0.39, 0.29) is 0 Å². The predicted molar refractivity (Wildman–Crippen MR) is 63.1 cm³/mol. The van der Waals surface area contributed by atoms with Crippen LogP contribution in [0.4, 0.5) is 5.69 Å². The molecule has 1 aromatic rings. The van der Waals surface area contributed by atoms with Gasteiger partial charge in [-0.15, -0.1) is 0 Å². The maximum atomic E-state index is 8.67. The van der Waals surface area contributed by atoms with Gasteiger partial charge in [0.15, 0.2) is 0 Å². The van der Waals surface area contributed by atoms with E-state index in [1.807, 2.05) is 12.1 Å². The lowest BCUT2D eigenvalue weighted by Gasteiger charge is -2.08. The molecule has 16 heavy (non-hydrogen) atoms. The second-order valence-electron chi connectivity index (χ2n) is 3.94. The Labute approximate surface area is 96.3 Å². The van der Waals surface area contributed by atoms with E-state index in [1.54, 1.807) is 12.3 Å². The van der Waals surface area contributed by atoms with Crippen molar-refractivity contribution in [3.63, 3.8) is 0 Å². The number of pyridine rings is 1. The molecule has 0 spiro atoms. The van der Waals surface area contributed by atoms with Crippen LogP contribution in [0, 0.1) is 17.2 Å². The smallest absolute Gasteiger partial charge is 0.142 e. The van der Waals surface area contributed by atoms with Gasteiger partial charge >= 0.3 is 0 Å². The molecule has 0 saturated heterocycles. The average Bonchev–Trinajstić information content (AvgIpc) is 2.28. The number of aromatic nitrogens is 1. The molecule has 0 amide bonds. The van der Waals surface area contributed by atoms with E-state index in [2.05, 4.69) is 24.1 Å². The van der Waals surface area contributed by atoms with Crippen molar-refractivity contribution in [2.75, 3.05) is 25.1 Å². The van der Waals surface area contributed by atoms with E-state index < -0.39 is 0 Å². The van der Waals surface area contributed by atoms with E-state index in [9.17, 15) is 0 Å². The first-order chi connectivity index (χ1) is 7.72. The summed E-state index contributed by atoms with van der Waals surface area (Å²) >= 11 is 0. The molecule has 4 nitrogen and oxygen atoms in total. The number of nitrogens with zero attached hydrogens (tertiary/aromatic N) is 2. The average molecular weight is 219 g/mol. The SMILES string of the molecule is CC(C)COCCNc1ccnc(C#N)c1. The molecule has 0 bridgehead atoms. The lowest BCUT2D eigenvalue weighted by Crippen LogP contribution is -2.12. The Morgan fingerprint density at radius 1 is 1.56 bits per heavy atom. The summed E-state index contributed by atoms with van der Waals surface area (Å²) in [6, 6.07) is 5.56. The van der Waals surface area contributed by atoms with Gasteiger partial charge in [0.25, 0.3) is 0 Å². The number of ether oxygens (including phenoxy) is 1. The summed E-state index contributed by atoms with van der Waals surface area (Å²) < 4.78 is 5.43. The van der Waals surface area contributed by atoms with Crippen LogP contribution in [0.2, 0.25) is 0 Å². The minimum atomic E-state index is 0.424. The van der Waals surface area contributed by atoms with Gasteiger partial charge in [-0.1, -0.05) is 13.8 Å². The van der Waals surface area contributed by atoms with Gasteiger partial charge in [-0.05, 0) is 18.1 Å². The summed E-state index contributed by atoms with van der Waals surface area (Å²) in [6.45, 7) is 6.43. The molecule has 86 valence electrons. The molecule has 0 saturated carbocycles. The summed E-state index contributed by atoms with van der Waals surface area (Å²) in [5, 5.41) is 11.8. The first kappa shape index (κ1) is 12.5. The Hall–Kier alpha value is -1.60. The van der Waals surface area contributed by atoms with Gasteiger partial charge in [0.05, 0.1) is 6.61 Å². The molecular formula is C12H17N3O. The molecule has 1 heterocycles. The van der Waals surface area contributed by atoms with Crippen LogP contribution in [0.25, 0.3) is 0 Å². The highest BCUT2D eigenvalue weighted by Crippen LogP contribution is 2.06. The fourth-order valence-electron chi connectivity index (χ4n) is 1.19. The highest BCUT2D eigenvalue weighted by atomic mass is 16.5. The number of hydrogen-bond acceptors (Lipinski definition) is 4. The number of nitrogens with one attached hydrogen (secondary N) is 1. The van der Waals surface area contributed by atoms with Crippen LogP contribution in [0.5, 0.6) is 0 Å². The normalized spacial score (nSPS) is 10.1. The maximum Gasteiger partial charge on any atom is 0.142 e. The molecule has 1 aromatic heterocycles. The fraction of sp³-hybridized carbons (Fsp3) is 0.500. The van der Waals surface area contributed by atoms with Crippen LogP contribution in [0.3, 0.4) is 0 Å². The molecule has 0 aliphatic heterocycles. The Morgan fingerprint density at radius 3 is 3.06 bits per heavy atom. The molecule has 0 aromatic carbocycles. The molecule has 0 aliphatic carbocycles. The summed E-state index contributed by atoms with van der Waals surface area (Å²) in [7, 11) is 0. The molecule has 0 aliphatic rings. The number of anilines is 1. The van der Waals surface area contributed by atoms with Gasteiger partial charge in [-0.3, -0.25) is 0 Å². The second kappa shape index (κ2) is 6.81. The van der Waals surface area contributed by atoms with Crippen molar-refractivity contribution in [2.24, 2.45) is 5.92 Å². The largest absolute Gasteiger partial charge is 0.383 e. The van der Waals surface area contributed by atoms with Crippen LogP contribution < -0.4 is 5.32 Å². The lowest BCUT2D eigenvalue weighted by molar-refractivity contribution is 0.118. The lowest BCUT2D eigenvalue weighted by atomic mass is 10.2. The Bertz CT molecular complexity index is 358. The highest BCUT2D eigenvalue weighted by molar-refractivity contribution is 5.45. The first-order valence-corrected chi connectivity index (χ1v) is 5.40. The summed E-state index contributed by atoms with van der Waals surface area (Å²) in [5.74, 6) is 0.561. The first-order valence-electron chi connectivity index (χ1n) is 5.40. The van der Waals surface area contributed by atoms with Gasteiger partial charge in [0.2, 0.25) is 0 Å². The molecule has 4 heteroatoms. The van der Waals surface area contributed by atoms with E-state index in [0.29, 0.717) is 18.2 Å². The van der Waals surface area contributed by atoms with Crippen LogP contribution in [0.1, 0.15) is 19.5 Å². The van der Waals surface area contributed by atoms with Gasteiger partial charge < -0.3 is 10.1 Å². The Kier molecular flexibility index (Phi) is 5.30.